The molecule has 1 unspecified atom stereocenters. The summed E-state index contributed by atoms with van der Waals surface area (Å²) in [6.07, 6.45) is -0.500. The second-order valence-corrected chi connectivity index (χ2v) is 4.36. The highest BCUT2D eigenvalue weighted by Crippen LogP contribution is 2.33. The van der Waals surface area contributed by atoms with Crippen LogP contribution in [-0.4, -0.2) is 30.7 Å². The number of nitrogens with zero attached hydrogens (tertiary/aromatic N) is 1. The van der Waals surface area contributed by atoms with Crippen LogP contribution in [0.25, 0.3) is 0 Å². The number of benzene rings is 1. The Morgan fingerprint density at radius 1 is 1.56 bits per heavy atom. The summed E-state index contributed by atoms with van der Waals surface area (Å²) >= 11 is 3.94. The SMILES string of the molecule is CC1Oc2ccc(N(C)C(=O)CS)cc2NC1=O. The zero-order valence-electron chi connectivity index (χ0n) is 10.1. The monoisotopic (exact) mass is 266 g/mol. The number of ether oxygens (including phenoxy) is 1. The molecule has 0 saturated carbocycles. The molecule has 0 saturated heterocycles. The van der Waals surface area contributed by atoms with E-state index in [1.54, 1.807) is 32.2 Å². The molecule has 18 heavy (non-hydrogen) atoms. The van der Waals surface area contributed by atoms with Crippen molar-refractivity contribution >= 4 is 35.8 Å². The summed E-state index contributed by atoms with van der Waals surface area (Å²) < 4.78 is 5.44. The molecule has 1 aliphatic heterocycles. The first-order valence-corrected chi connectivity index (χ1v) is 6.15. The van der Waals surface area contributed by atoms with Crippen LogP contribution in [0.3, 0.4) is 0 Å². The summed E-state index contributed by atoms with van der Waals surface area (Å²) in [7, 11) is 1.66. The van der Waals surface area contributed by atoms with Gasteiger partial charge in [0.1, 0.15) is 5.75 Å². The Hall–Kier alpha value is -1.69. The number of carbonyl (C=O) groups is 2. The molecule has 0 aromatic heterocycles. The maximum Gasteiger partial charge on any atom is 0.265 e. The van der Waals surface area contributed by atoms with E-state index in [0.29, 0.717) is 17.1 Å². The fraction of sp³-hybridized carbons (Fsp3) is 0.333. The molecule has 1 aliphatic rings. The van der Waals surface area contributed by atoms with Crippen molar-refractivity contribution < 1.29 is 14.3 Å². The van der Waals surface area contributed by atoms with Gasteiger partial charge in [-0.1, -0.05) is 0 Å². The summed E-state index contributed by atoms with van der Waals surface area (Å²) in [4.78, 5) is 24.5. The fourth-order valence-electron chi connectivity index (χ4n) is 1.66. The second-order valence-electron chi connectivity index (χ2n) is 4.04. The van der Waals surface area contributed by atoms with Gasteiger partial charge in [-0.3, -0.25) is 9.59 Å². The Morgan fingerprint density at radius 2 is 2.28 bits per heavy atom. The van der Waals surface area contributed by atoms with Crippen LogP contribution >= 0.6 is 12.6 Å². The van der Waals surface area contributed by atoms with E-state index < -0.39 is 6.10 Å². The van der Waals surface area contributed by atoms with Crippen LogP contribution in [0.1, 0.15) is 6.92 Å². The molecule has 6 heteroatoms. The Bertz CT molecular complexity index is 504. The number of thiol groups is 1. The lowest BCUT2D eigenvalue weighted by atomic mass is 10.2. The normalized spacial score (nSPS) is 17.5. The van der Waals surface area contributed by atoms with Crippen molar-refractivity contribution in [1.29, 1.82) is 0 Å². The summed E-state index contributed by atoms with van der Waals surface area (Å²) in [6, 6.07) is 5.22. The van der Waals surface area contributed by atoms with E-state index in [1.807, 2.05) is 0 Å². The first kappa shape index (κ1) is 12.8. The van der Waals surface area contributed by atoms with E-state index in [4.69, 9.17) is 4.74 Å². The van der Waals surface area contributed by atoms with Gasteiger partial charge in [0, 0.05) is 12.7 Å². The van der Waals surface area contributed by atoms with Crippen LogP contribution in [0, 0.1) is 0 Å². The average Bonchev–Trinajstić information content (AvgIpc) is 2.37. The van der Waals surface area contributed by atoms with Crippen molar-refractivity contribution in [3.8, 4) is 5.75 Å². The van der Waals surface area contributed by atoms with Gasteiger partial charge < -0.3 is 15.0 Å². The smallest absolute Gasteiger partial charge is 0.265 e. The average molecular weight is 266 g/mol. The molecule has 0 aliphatic carbocycles. The minimum Gasteiger partial charge on any atom is -0.479 e. The van der Waals surface area contributed by atoms with E-state index in [9.17, 15) is 9.59 Å². The van der Waals surface area contributed by atoms with Crippen molar-refractivity contribution in [2.24, 2.45) is 0 Å². The van der Waals surface area contributed by atoms with E-state index in [0.717, 1.165) is 0 Å². The number of amides is 2. The van der Waals surface area contributed by atoms with Crippen molar-refractivity contribution in [1.82, 2.24) is 0 Å². The lowest BCUT2D eigenvalue weighted by Crippen LogP contribution is -2.34. The van der Waals surface area contributed by atoms with E-state index in [2.05, 4.69) is 17.9 Å². The summed E-state index contributed by atoms with van der Waals surface area (Å²) in [5.74, 6) is 0.433. The van der Waals surface area contributed by atoms with Crippen LogP contribution in [0.5, 0.6) is 5.75 Å². The highest BCUT2D eigenvalue weighted by molar-refractivity contribution is 7.81. The topological polar surface area (TPSA) is 58.6 Å². The number of anilines is 2. The number of hydrogen-bond donors (Lipinski definition) is 2. The van der Waals surface area contributed by atoms with E-state index in [1.165, 1.54) is 4.90 Å². The maximum atomic E-state index is 11.5. The zero-order valence-corrected chi connectivity index (χ0v) is 11.0. The lowest BCUT2D eigenvalue weighted by Gasteiger charge is -2.25. The third kappa shape index (κ3) is 2.28. The molecule has 5 nitrogen and oxygen atoms in total. The largest absolute Gasteiger partial charge is 0.479 e. The molecule has 0 fully saturated rings. The van der Waals surface area contributed by atoms with Crippen LogP contribution < -0.4 is 15.0 Å². The fourth-order valence-corrected chi connectivity index (χ4v) is 1.87. The molecule has 0 spiro atoms. The number of nitrogens with one attached hydrogen (secondary N) is 1. The third-order valence-corrected chi connectivity index (χ3v) is 3.06. The highest BCUT2D eigenvalue weighted by atomic mass is 32.1. The number of carbonyl (C=O) groups excluding carboxylic acids is 2. The summed E-state index contributed by atoms with van der Waals surface area (Å²) in [5.41, 5.74) is 1.26. The van der Waals surface area contributed by atoms with Crippen LogP contribution in [0.4, 0.5) is 11.4 Å². The highest BCUT2D eigenvalue weighted by Gasteiger charge is 2.24. The number of fused-ring (bicyclic) bond motifs is 1. The zero-order chi connectivity index (χ0) is 13.3. The Balaban J connectivity index is 2.30. The molecule has 0 bridgehead atoms. The standard InChI is InChI=1S/C12H14N2O3S/c1-7-12(16)13-9-5-8(3-4-10(9)17-7)14(2)11(15)6-18/h3-5,7,18H,6H2,1-2H3,(H,13,16). The van der Waals surface area contributed by atoms with E-state index >= 15 is 0 Å². The van der Waals surface area contributed by atoms with E-state index in [-0.39, 0.29) is 17.6 Å². The van der Waals surface area contributed by atoms with Crippen molar-refractivity contribution in [3.63, 3.8) is 0 Å². The van der Waals surface area contributed by atoms with Crippen molar-refractivity contribution in [2.45, 2.75) is 13.0 Å². The molecule has 0 radical (unpaired) electrons. The van der Waals surface area contributed by atoms with Gasteiger partial charge in [0.25, 0.3) is 5.91 Å². The molecular formula is C12H14N2O3S. The maximum absolute atomic E-state index is 11.5. The summed E-state index contributed by atoms with van der Waals surface area (Å²) in [6.45, 7) is 1.68. The lowest BCUT2D eigenvalue weighted by molar-refractivity contribution is -0.122. The predicted octanol–water partition coefficient (Wildman–Crippen LogP) is 1.30. The van der Waals surface area contributed by atoms with Crippen molar-refractivity contribution in [3.05, 3.63) is 18.2 Å². The first-order chi connectivity index (χ1) is 8.52. The van der Waals surface area contributed by atoms with Gasteiger partial charge >= 0.3 is 0 Å². The van der Waals surface area contributed by atoms with Gasteiger partial charge in [-0.25, -0.2) is 0 Å². The molecule has 1 aromatic carbocycles. The van der Waals surface area contributed by atoms with Gasteiger partial charge in [0.15, 0.2) is 6.10 Å². The minimum absolute atomic E-state index is 0.116. The summed E-state index contributed by atoms with van der Waals surface area (Å²) in [5, 5.41) is 2.74. The number of hydrogen-bond acceptors (Lipinski definition) is 4. The van der Waals surface area contributed by atoms with Crippen molar-refractivity contribution in [2.75, 3.05) is 23.0 Å². The molecule has 96 valence electrons. The second kappa shape index (κ2) is 4.89. The van der Waals surface area contributed by atoms with Gasteiger partial charge in [-0.05, 0) is 25.1 Å². The molecule has 1 aromatic rings. The molecule has 1 heterocycles. The van der Waals surface area contributed by atoms with Crippen LogP contribution in [-0.2, 0) is 9.59 Å². The quantitative estimate of drug-likeness (QED) is 0.793. The van der Waals surface area contributed by atoms with Gasteiger partial charge in [-0.2, -0.15) is 12.6 Å². The van der Waals surface area contributed by atoms with Crippen LogP contribution in [0.15, 0.2) is 18.2 Å². The third-order valence-electron chi connectivity index (χ3n) is 2.79. The first-order valence-electron chi connectivity index (χ1n) is 5.52. The molecule has 2 rings (SSSR count). The van der Waals surface area contributed by atoms with Gasteiger partial charge in [0.05, 0.1) is 11.4 Å². The Labute approximate surface area is 111 Å². The predicted molar refractivity (Wildman–Crippen MR) is 72.4 cm³/mol. The van der Waals surface area contributed by atoms with Gasteiger partial charge in [-0.15, -0.1) is 0 Å². The molecular weight excluding hydrogens is 252 g/mol. The molecule has 1 atom stereocenters. The molecule has 1 N–H and O–H groups in total. The Kier molecular flexibility index (Phi) is 3.47. The Morgan fingerprint density at radius 3 is 2.94 bits per heavy atom. The molecule has 2 amide bonds. The minimum atomic E-state index is -0.500. The van der Waals surface area contributed by atoms with Gasteiger partial charge in [0.2, 0.25) is 5.91 Å². The van der Waals surface area contributed by atoms with Crippen LogP contribution in [0.2, 0.25) is 0 Å². The number of rotatable bonds is 2.